The fourth-order valence-electron chi connectivity index (χ4n) is 2.54. The van der Waals surface area contributed by atoms with Crippen LogP contribution in [0.1, 0.15) is 32.9 Å². The van der Waals surface area contributed by atoms with Crippen LogP contribution in [0.4, 0.5) is 0 Å². The molecule has 6 heteroatoms. The second-order valence-electron chi connectivity index (χ2n) is 5.61. The molecule has 0 aliphatic heterocycles. The Kier molecular flexibility index (Phi) is 3.64. The van der Waals surface area contributed by atoms with Crippen LogP contribution in [0.15, 0.2) is 12.3 Å². The largest absolute Gasteiger partial charge is 0.378 e. The van der Waals surface area contributed by atoms with E-state index in [1.807, 2.05) is 26.8 Å². The molecule has 1 fully saturated rings. The quantitative estimate of drug-likeness (QED) is 0.726. The van der Waals surface area contributed by atoms with Gasteiger partial charge in [0, 0.05) is 24.6 Å². The molecular formula is C13H22N4O2. The van der Waals surface area contributed by atoms with Crippen LogP contribution in [-0.2, 0) is 16.1 Å². The van der Waals surface area contributed by atoms with Crippen molar-refractivity contribution in [1.29, 1.82) is 0 Å². The molecule has 0 bridgehead atoms. The maximum atomic E-state index is 12.3. The number of nitrogens with one attached hydrogen (secondary N) is 2. The molecule has 4 N–H and O–H groups in total. The monoisotopic (exact) mass is 266 g/mol. The normalized spacial score (nSPS) is 28.7. The fraction of sp³-hybridized carbons (Fsp3) is 0.692. The zero-order valence-electron chi connectivity index (χ0n) is 11.7. The van der Waals surface area contributed by atoms with Crippen LogP contribution in [0.25, 0.3) is 0 Å². The Balaban J connectivity index is 1.95. The third-order valence-corrected chi connectivity index (χ3v) is 4.23. The molecule has 6 nitrogen and oxygen atoms in total. The van der Waals surface area contributed by atoms with E-state index in [2.05, 4.69) is 15.5 Å². The molecule has 1 aliphatic rings. The predicted octanol–water partition coefficient (Wildman–Crippen LogP) is 0.558. The van der Waals surface area contributed by atoms with Crippen LogP contribution in [-0.4, -0.2) is 34.4 Å². The van der Waals surface area contributed by atoms with Gasteiger partial charge in [-0.25, -0.2) is 0 Å². The average molecular weight is 266 g/mol. The van der Waals surface area contributed by atoms with Gasteiger partial charge in [0.05, 0.1) is 18.3 Å². The van der Waals surface area contributed by atoms with E-state index in [9.17, 15) is 4.79 Å². The lowest BCUT2D eigenvalue weighted by Crippen LogP contribution is -2.75. The molecule has 1 heterocycles. The van der Waals surface area contributed by atoms with E-state index in [1.54, 1.807) is 6.20 Å². The molecule has 19 heavy (non-hydrogen) atoms. The van der Waals surface area contributed by atoms with Gasteiger partial charge >= 0.3 is 0 Å². The molecule has 2 atom stereocenters. The molecule has 2 rings (SSSR count). The third-order valence-electron chi connectivity index (χ3n) is 4.23. The van der Waals surface area contributed by atoms with Gasteiger partial charge in [-0.15, -0.1) is 0 Å². The lowest BCUT2D eigenvalue weighted by atomic mass is 9.54. The third kappa shape index (κ3) is 2.26. The van der Waals surface area contributed by atoms with Crippen molar-refractivity contribution in [2.24, 2.45) is 11.1 Å². The zero-order valence-corrected chi connectivity index (χ0v) is 11.7. The Bertz CT molecular complexity index is 444. The Hall–Kier alpha value is -1.40. The molecule has 0 spiro atoms. The summed E-state index contributed by atoms with van der Waals surface area (Å²) in [7, 11) is 0. The molecule has 1 amide bonds. The number of H-pyrrole nitrogens is 1. The number of carbonyl (C=O) groups is 1. The highest BCUT2D eigenvalue weighted by Crippen LogP contribution is 2.49. The smallest absolute Gasteiger partial charge is 0.241 e. The first-order valence-electron chi connectivity index (χ1n) is 6.59. The van der Waals surface area contributed by atoms with Gasteiger partial charge in [0.1, 0.15) is 5.54 Å². The molecule has 2 unspecified atom stereocenters. The van der Waals surface area contributed by atoms with E-state index in [0.29, 0.717) is 19.6 Å². The van der Waals surface area contributed by atoms with E-state index in [4.69, 9.17) is 10.5 Å². The van der Waals surface area contributed by atoms with Gasteiger partial charge in [-0.3, -0.25) is 9.89 Å². The Morgan fingerprint density at radius 2 is 2.42 bits per heavy atom. The second kappa shape index (κ2) is 4.94. The number of amides is 1. The molecule has 1 aromatic heterocycles. The molecule has 1 aliphatic carbocycles. The summed E-state index contributed by atoms with van der Waals surface area (Å²) < 4.78 is 5.61. The molecule has 0 saturated heterocycles. The summed E-state index contributed by atoms with van der Waals surface area (Å²) in [5, 5.41) is 9.49. The van der Waals surface area contributed by atoms with E-state index in [1.165, 1.54) is 0 Å². The highest BCUT2D eigenvalue weighted by Gasteiger charge is 2.62. The first-order valence-corrected chi connectivity index (χ1v) is 6.59. The minimum absolute atomic E-state index is 0.0420. The number of rotatable bonds is 5. The summed E-state index contributed by atoms with van der Waals surface area (Å²) in [5.74, 6) is -0.136. The maximum Gasteiger partial charge on any atom is 0.241 e. The average Bonchev–Trinajstić information content (AvgIpc) is 2.88. The zero-order chi connectivity index (χ0) is 14.1. The summed E-state index contributed by atoms with van der Waals surface area (Å²) in [6.45, 7) is 6.96. The molecule has 0 radical (unpaired) electrons. The number of nitrogens with two attached hydrogens (primary N) is 1. The number of hydrogen-bond donors (Lipinski definition) is 3. The second-order valence-corrected chi connectivity index (χ2v) is 5.61. The fourth-order valence-corrected chi connectivity index (χ4v) is 2.54. The lowest BCUT2D eigenvalue weighted by Gasteiger charge is -2.57. The lowest BCUT2D eigenvalue weighted by molar-refractivity contribution is -0.170. The van der Waals surface area contributed by atoms with Crippen LogP contribution >= 0.6 is 0 Å². The van der Waals surface area contributed by atoms with Crippen LogP contribution < -0.4 is 11.1 Å². The van der Waals surface area contributed by atoms with Gasteiger partial charge in [-0.2, -0.15) is 5.10 Å². The van der Waals surface area contributed by atoms with Crippen molar-refractivity contribution in [3.05, 3.63) is 18.0 Å². The minimum atomic E-state index is -0.868. The highest BCUT2D eigenvalue weighted by molar-refractivity contribution is 5.88. The summed E-state index contributed by atoms with van der Waals surface area (Å²) in [6, 6.07) is 1.82. The topological polar surface area (TPSA) is 93.0 Å². The van der Waals surface area contributed by atoms with Crippen LogP contribution in [0.2, 0.25) is 0 Å². The Morgan fingerprint density at radius 3 is 2.95 bits per heavy atom. The molecule has 106 valence electrons. The number of hydrogen-bond acceptors (Lipinski definition) is 4. The first-order chi connectivity index (χ1) is 8.91. The van der Waals surface area contributed by atoms with Crippen molar-refractivity contribution in [3.8, 4) is 0 Å². The summed E-state index contributed by atoms with van der Waals surface area (Å²) in [6.07, 6.45) is 2.25. The molecule has 1 saturated carbocycles. The van der Waals surface area contributed by atoms with Crippen molar-refractivity contribution < 1.29 is 9.53 Å². The van der Waals surface area contributed by atoms with Gasteiger partial charge in [-0.1, -0.05) is 13.8 Å². The number of aromatic nitrogens is 2. The minimum Gasteiger partial charge on any atom is -0.378 e. The molecular weight excluding hydrogens is 244 g/mol. The molecule has 0 aromatic carbocycles. The highest BCUT2D eigenvalue weighted by atomic mass is 16.5. The van der Waals surface area contributed by atoms with Crippen LogP contribution in [0.5, 0.6) is 0 Å². The van der Waals surface area contributed by atoms with E-state index >= 15 is 0 Å². The van der Waals surface area contributed by atoms with E-state index in [0.717, 1.165) is 5.69 Å². The van der Waals surface area contributed by atoms with Crippen molar-refractivity contribution in [1.82, 2.24) is 15.5 Å². The van der Waals surface area contributed by atoms with Gasteiger partial charge in [-0.05, 0) is 13.0 Å². The summed E-state index contributed by atoms with van der Waals surface area (Å²) in [4.78, 5) is 12.3. The van der Waals surface area contributed by atoms with Crippen molar-refractivity contribution in [2.75, 3.05) is 6.61 Å². The first kappa shape index (κ1) is 14.0. The van der Waals surface area contributed by atoms with Gasteiger partial charge in [0.2, 0.25) is 5.91 Å². The summed E-state index contributed by atoms with van der Waals surface area (Å²) in [5.41, 5.74) is 5.90. The number of ether oxygens (including phenoxy) is 1. The maximum absolute atomic E-state index is 12.3. The van der Waals surface area contributed by atoms with Crippen LogP contribution in [0, 0.1) is 5.41 Å². The van der Waals surface area contributed by atoms with Gasteiger partial charge < -0.3 is 15.8 Å². The van der Waals surface area contributed by atoms with Gasteiger partial charge in [0.15, 0.2) is 0 Å². The number of nitrogens with zero attached hydrogens (tertiary/aromatic N) is 1. The summed E-state index contributed by atoms with van der Waals surface area (Å²) >= 11 is 0. The predicted molar refractivity (Wildman–Crippen MR) is 71.2 cm³/mol. The Morgan fingerprint density at radius 1 is 1.68 bits per heavy atom. The van der Waals surface area contributed by atoms with Crippen molar-refractivity contribution in [2.45, 2.75) is 45.4 Å². The standard InChI is InChI=1S/C13H22N4O2/c1-4-19-10-7-13(14,12(10,2)3)11(18)15-8-9-5-6-16-17-9/h5-6,10H,4,7-8,14H2,1-3H3,(H,15,18)(H,16,17). The number of carbonyl (C=O) groups excluding carboxylic acids is 1. The van der Waals surface area contributed by atoms with Crippen molar-refractivity contribution in [3.63, 3.8) is 0 Å². The molecule has 1 aromatic rings. The number of aromatic amines is 1. The van der Waals surface area contributed by atoms with Gasteiger partial charge in [0.25, 0.3) is 0 Å². The Labute approximate surface area is 113 Å². The van der Waals surface area contributed by atoms with Crippen molar-refractivity contribution >= 4 is 5.91 Å². The van der Waals surface area contributed by atoms with E-state index in [-0.39, 0.29) is 17.4 Å². The van der Waals surface area contributed by atoms with Crippen LogP contribution in [0.3, 0.4) is 0 Å². The van der Waals surface area contributed by atoms with E-state index < -0.39 is 5.54 Å². The SMILES string of the molecule is CCOC1CC(N)(C(=O)NCc2ccn[nH]2)C1(C)C.